The molecule has 1 aromatic carbocycles. The highest BCUT2D eigenvalue weighted by Gasteiger charge is 2.25. The van der Waals surface area contributed by atoms with Gasteiger partial charge in [0.05, 0.1) is 5.92 Å². The lowest BCUT2D eigenvalue weighted by atomic mass is 9.91. The molecule has 1 aromatic rings. The molecule has 1 fully saturated rings. The first kappa shape index (κ1) is 10.2. The molecule has 3 heteroatoms. The molecule has 15 heavy (non-hydrogen) atoms. The van der Waals surface area contributed by atoms with Crippen LogP contribution in [0.1, 0.15) is 24.4 Å². The molecule has 0 amide bonds. The van der Waals surface area contributed by atoms with Crippen LogP contribution in [-0.4, -0.2) is 17.6 Å². The zero-order valence-electron chi connectivity index (χ0n) is 8.52. The van der Waals surface area contributed by atoms with E-state index in [9.17, 15) is 4.79 Å². The Kier molecular flexibility index (Phi) is 3.02. The molecule has 0 aromatic heterocycles. The molecule has 1 aliphatic heterocycles. The standard InChI is InChI=1S/C12H15NO2/c14-12(15)10-6-7-11(13-8-10)9-4-2-1-3-5-9/h1-5,10-11,13H,6-8H2,(H,14,15)/t10-,11-/m0/s1. The molecule has 0 bridgehead atoms. The Morgan fingerprint density at radius 3 is 2.53 bits per heavy atom. The van der Waals surface area contributed by atoms with Crippen molar-refractivity contribution < 1.29 is 9.90 Å². The van der Waals surface area contributed by atoms with E-state index in [0.29, 0.717) is 12.6 Å². The van der Waals surface area contributed by atoms with Crippen molar-refractivity contribution in [1.29, 1.82) is 0 Å². The number of benzene rings is 1. The highest BCUT2D eigenvalue weighted by atomic mass is 16.4. The second-order valence-corrected chi connectivity index (χ2v) is 3.98. The average molecular weight is 205 g/mol. The van der Waals surface area contributed by atoms with Crippen molar-refractivity contribution >= 4 is 5.97 Å². The number of aliphatic carboxylic acids is 1. The van der Waals surface area contributed by atoms with Crippen LogP contribution in [0.5, 0.6) is 0 Å². The minimum absolute atomic E-state index is 0.218. The Morgan fingerprint density at radius 2 is 2.00 bits per heavy atom. The van der Waals surface area contributed by atoms with Crippen LogP contribution in [0.4, 0.5) is 0 Å². The zero-order chi connectivity index (χ0) is 10.7. The molecule has 2 atom stereocenters. The van der Waals surface area contributed by atoms with Gasteiger partial charge in [0.1, 0.15) is 0 Å². The maximum atomic E-state index is 10.8. The van der Waals surface area contributed by atoms with Crippen LogP contribution in [0.15, 0.2) is 30.3 Å². The molecule has 2 rings (SSSR count). The van der Waals surface area contributed by atoms with Crippen molar-refractivity contribution in [3.05, 3.63) is 35.9 Å². The molecule has 1 heterocycles. The van der Waals surface area contributed by atoms with Gasteiger partial charge in [0.2, 0.25) is 0 Å². The van der Waals surface area contributed by atoms with E-state index in [4.69, 9.17) is 5.11 Å². The normalized spacial score (nSPS) is 26.1. The predicted molar refractivity (Wildman–Crippen MR) is 57.5 cm³/mol. The van der Waals surface area contributed by atoms with Gasteiger partial charge in [-0.1, -0.05) is 30.3 Å². The fourth-order valence-corrected chi connectivity index (χ4v) is 2.04. The summed E-state index contributed by atoms with van der Waals surface area (Å²) in [6, 6.07) is 10.5. The number of hydrogen-bond donors (Lipinski definition) is 2. The molecule has 2 N–H and O–H groups in total. The summed E-state index contributed by atoms with van der Waals surface area (Å²) in [6.07, 6.45) is 1.67. The smallest absolute Gasteiger partial charge is 0.307 e. The maximum Gasteiger partial charge on any atom is 0.307 e. The summed E-state index contributed by atoms with van der Waals surface area (Å²) in [7, 11) is 0. The molecule has 0 unspecified atom stereocenters. The van der Waals surface area contributed by atoms with Crippen molar-refractivity contribution in [2.45, 2.75) is 18.9 Å². The van der Waals surface area contributed by atoms with E-state index in [-0.39, 0.29) is 5.92 Å². The van der Waals surface area contributed by atoms with Gasteiger partial charge in [0.25, 0.3) is 0 Å². The third-order valence-corrected chi connectivity index (χ3v) is 2.97. The minimum Gasteiger partial charge on any atom is -0.481 e. The van der Waals surface area contributed by atoms with Crippen LogP contribution in [0.25, 0.3) is 0 Å². The predicted octanol–water partition coefficient (Wildman–Crippen LogP) is 1.81. The minimum atomic E-state index is -0.686. The molecular formula is C12H15NO2. The monoisotopic (exact) mass is 205 g/mol. The van der Waals surface area contributed by atoms with Gasteiger partial charge in [-0.25, -0.2) is 0 Å². The van der Waals surface area contributed by atoms with E-state index in [2.05, 4.69) is 17.4 Å². The highest BCUT2D eigenvalue weighted by molar-refractivity contribution is 5.70. The van der Waals surface area contributed by atoms with E-state index in [1.54, 1.807) is 0 Å². The molecule has 0 spiro atoms. The van der Waals surface area contributed by atoms with Gasteiger partial charge in [0.15, 0.2) is 0 Å². The SMILES string of the molecule is O=C(O)[C@H]1CC[C@@H](c2ccccc2)NC1. The first-order valence-corrected chi connectivity index (χ1v) is 5.28. The molecule has 80 valence electrons. The van der Waals surface area contributed by atoms with Gasteiger partial charge in [-0.3, -0.25) is 4.79 Å². The molecule has 1 aliphatic rings. The first-order chi connectivity index (χ1) is 7.27. The quantitative estimate of drug-likeness (QED) is 0.774. The van der Waals surface area contributed by atoms with Gasteiger partial charge in [-0.05, 0) is 18.4 Å². The van der Waals surface area contributed by atoms with E-state index in [1.165, 1.54) is 5.56 Å². The second-order valence-electron chi connectivity index (χ2n) is 3.98. The zero-order valence-corrected chi connectivity index (χ0v) is 8.52. The third-order valence-electron chi connectivity index (χ3n) is 2.97. The van der Waals surface area contributed by atoms with Crippen molar-refractivity contribution in [3.8, 4) is 0 Å². The van der Waals surface area contributed by atoms with Gasteiger partial charge in [0, 0.05) is 12.6 Å². The molecule has 0 saturated carbocycles. The first-order valence-electron chi connectivity index (χ1n) is 5.28. The van der Waals surface area contributed by atoms with Crippen molar-refractivity contribution in [2.24, 2.45) is 5.92 Å². The Labute approximate surface area is 89.1 Å². The molecule has 0 aliphatic carbocycles. The summed E-state index contributed by atoms with van der Waals surface area (Å²) >= 11 is 0. The van der Waals surface area contributed by atoms with Gasteiger partial charge < -0.3 is 10.4 Å². The summed E-state index contributed by atoms with van der Waals surface area (Å²) in [4.78, 5) is 10.8. The molecule has 0 radical (unpaired) electrons. The summed E-state index contributed by atoms with van der Waals surface area (Å²) in [5.41, 5.74) is 1.25. The Hall–Kier alpha value is -1.35. The van der Waals surface area contributed by atoms with E-state index in [1.807, 2.05) is 18.2 Å². The van der Waals surface area contributed by atoms with Crippen molar-refractivity contribution in [3.63, 3.8) is 0 Å². The Bertz CT molecular complexity index is 329. The largest absolute Gasteiger partial charge is 0.481 e. The number of hydrogen-bond acceptors (Lipinski definition) is 2. The van der Waals surface area contributed by atoms with Gasteiger partial charge >= 0.3 is 5.97 Å². The van der Waals surface area contributed by atoms with Crippen LogP contribution in [0, 0.1) is 5.92 Å². The van der Waals surface area contributed by atoms with E-state index >= 15 is 0 Å². The van der Waals surface area contributed by atoms with Crippen LogP contribution < -0.4 is 5.32 Å². The highest BCUT2D eigenvalue weighted by Crippen LogP contribution is 2.25. The third kappa shape index (κ3) is 2.36. The topological polar surface area (TPSA) is 49.3 Å². The number of nitrogens with one attached hydrogen (secondary N) is 1. The number of carboxylic acids is 1. The summed E-state index contributed by atoms with van der Waals surface area (Å²) in [5.74, 6) is -0.904. The molecule has 1 saturated heterocycles. The van der Waals surface area contributed by atoms with Crippen LogP contribution in [0.2, 0.25) is 0 Å². The number of piperidine rings is 1. The Balaban J connectivity index is 1.97. The van der Waals surface area contributed by atoms with Gasteiger partial charge in [-0.15, -0.1) is 0 Å². The average Bonchev–Trinajstić information content (AvgIpc) is 2.30. The van der Waals surface area contributed by atoms with Crippen LogP contribution in [0.3, 0.4) is 0 Å². The van der Waals surface area contributed by atoms with Crippen molar-refractivity contribution in [2.75, 3.05) is 6.54 Å². The number of carboxylic acid groups (broad SMARTS) is 1. The van der Waals surface area contributed by atoms with Gasteiger partial charge in [-0.2, -0.15) is 0 Å². The van der Waals surface area contributed by atoms with Crippen molar-refractivity contribution in [1.82, 2.24) is 5.32 Å². The Morgan fingerprint density at radius 1 is 1.27 bits per heavy atom. The molecule has 3 nitrogen and oxygen atoms in total. The van der Waals surface area contributed by atoms with Crippen LogP contribution in [-0.2, 0) is 4.79 Å². The lowest BCUT2D eigenvalue weighted by molar-refractivity contribution is -0.142. The van der Waals surface area contributed by atoms with E-state index in [0.717, 1.165) is 12.8 Å². The fraction of sp³-hybridized carbons (Fsp3) is 0.417. The lowest BCUT2D eigenvalue weighted by Crippen LogP contribution is -2.36. The van der Waals surface area contributed by atoms with Crippen LogP contribution >= 0.6 is 0 Å². The molecular weight excluding hydrogens is 190 g/mol. The number of rotatable bonds is 2. The maximum absolute atomic E-state index is 10.8. The number of carbonyl (C=O) groups is 1. The van der Waals surface area contributed by atoms with E-state index < -0.39 is 5.97 Å². The second kappa shape index (κ2) is 4.45. The lowest BCUT2D eigenvalue weighted by Gasteiger charge is -2.27. The summed E-state index contributed by atoms with van der Waals surface area (Å²) in [6.45, 7) is 0.578. The summed E-state index contributed by atoms with van der Waals surface area (Å²) in [5, 5.41) is 12.1. The summed E-state index contributed by atoms with van der Waals surface area (Å²) < 4.78 is 0. The fourth-order valence-electron chi connectivity index (χ4n) is 2.04.